The number of fused-ring (bicyclic) bond motifs is 12. The molecule has 3 aromatic heterocycles. The minimum Gasteiger partial charge on any atom is -0.247 e. The maximum atomic E-state index is 5.26. The fourth-order valence-electron chi connectivity index (χ4n) is 7.07. The highest BCUT2D eigenvalue weighted by molar-refractivity contribution is 6.25. The van der Waals surface area contributed by atoms with Crippen LogP contribution in [0.4, 0.5) is 0 Å². The van der Waals surface area contributed by atoms with Crippen molar-refractivity contribution < 1.29 is 0 Å². The molecule has 0 radical (unpaired) electrons. The first-order valence-electron chi connectivity index (χ1n) is 16.0. The summed E-state index contributed by atoms with van der Waals surface area (Å²) in [6.45, 7) is 0. The van der Waals surface area contributed by atoms with Gasteiger partial charge in [0.25, 0.3) is 0 Å². The molecule has 10 aromatic rings. The molecule has 3 heterocycles. The molecular formula is C43H25N5. The van der Waals surface area contributed by atoms with Gasteiger partial charge in [0.1, 0.15) is 11.0 Å². The van der Waals surface area contributed by atoms with Crippen LogP contribution in [-0.2, 0) is 0 Å². The van der Waals surface area contributed by atoms with Crippen LogP contribution in [0.15, 0.2) is 152 Å². The molecule has 0 spiro atoms. The van der Waals surface area contributed by atoms with Gasteiger partial charge in [-0.05, 0) is 45.1 Å². The monoisotopic (exact) mass is 611 g/mol. The molecule has 0 amide bonds. The predicted molar refractivity (Wildman–Crippen MR) is 197 cm³/mol. The van der Waals surface area contributed by atoms with E-state index in [-0.39, 0.29) is 0 Å². The molecule has 0 aliphatic rings. The van der Waals surface area contributed by atoms with Gasteiger partial charge in [-0.3, -0.25) is 0 Å². The number of benzene rings is 7. The van der Waals surface area contributed by atoms with Gasteiger partial charge in [-0.1, -0.05) is 121 Å². The SMILES string of the molecule is c1ccc(-c2ncc3c4ccccc4c4cnc(-c5cccc(-c6ccc7c8ccccc8c8ccccc8c7n6)c5)nc4c3n2)cc1. The lowest BCUT2D eigenvalue weighted by Crippen LogP contribution is -1.96. The van der Waals surface area contributed by atoms with Gasteiger partial charge < -0.3 is 0 Å². The summed E-state index contributed by atoms with van der Waals surface area (Å²) in [6.07, 6.45) is 3.86. The molecule has 0 fully saturated rings. The Morgan fingerprint density at radius 2 is 0.750 bits per heavy atom. The van der Waals surface area contributed by atoms with Gasteiger partial charge in [0.05, 0.1) is 11.2 Å². The first kappa shape index (κ1) is 26.6. The normalized spacial score (nSPS) is 11.8. The van der Waals surface area contributed by atoms with Crippen LogP contribution in [0.2, 0.25) is 0 Å². The maximum absolute atomic E-state index is 5.26. The quantitative estimate of drug-likeness (QED) is 0.186. The maximum Gasteiger partial charge on any atom is 0.159 e. The van der Waals surface area contributed by atoms with Crippen LogP contribution in [0.3, 0.4) is 0 Å². The van der Waals surface area contributed by atoms with E-state index >= 15 is 0 Å². The second kappa shape index (κ2) is 10.5. The summed E-state index contributed by atoms with van der Waals surface area (Å²) in [5, 5.41) is 10.1. The summed E-state index contributed by atoms with van der Waals surface area (Å²) in [6, 6.07) is 48.2. The zero-order valence-electron chi connectivity index (χ0n) is 25.7. The van der Waals surface area contributed by atoms with Crippen LogP contribution < -0.4 is 0 Å². The summed E-state index contributed by atoms with van der Waals surface area (Å²) >= 11 is 0. The van der Waals surface area contributed by atoms with Crippen molar-refractivity contribution in [2.24, 2.45) is 0 Å². The van der Waals surface area contributed by atoms with E-state index in [2.05, 4.69) is 97.1 Å². The lowest BCUT2D eigenvalue weighted by atomic mass is 9.96. The molecule has 0 unspecified atom stereocenters. The Hall–Kier alpha value is -6.59. The number of hydrogen-bond acceptors (Lipinski definition) is 5. The summed E-state index contributed by atoms with van der Waals surface area (Å²) in [4.78, 5) is 25.2. The topological polar surface area (TPSA) is 64.5 Å². The van der Waals surface area contributed by atoms with Crippen LogP contribution in [0.1, 0.15) is 0 Å². The number of hydrogen-bond donors (Lipinski definition) is 0. The Morgan fingerprint density at radius 3 is 1.38 bits per heavy atom. The Labute approximate surface area is 275 Å². The van der Waals surface area contributed by atoms with Crippen molar-refractivity contribution in [1.29, 1.82) is 0 Å². The molecule has 0 bridgehead atoms. The molecule has 48 heavy (non-hydrogen) atoms. The molecule has 0 aliphatic heterocycles. The van der Waals surface area contributed by atoms with Gasteiger partial charge in [0.15, 0.2) is 11.6 Å². The second-order valence-corrected chi connectivity index (χ2v) is 12.1. The van der Waals surface area contributed by atoms with Gasteiger partial charge in [-0.2, -0.15) is 0 Å². The van der Waals surface area contributed by atoms with Gasteiger partial charge in [-0.25, -0.2) is 24.9 Å². The Bertz CT molecular complexity index is 2860. The van der Waals surface area contributed by atoms with E-state index in [1.54, 1.807) is 0 Å². The number of nitrogens with zero attached hydrogens (tertiary/aromatic N) is 5. The molecule has 5 heteroatoms. The summed E-state index contributed by atoms with van der Waals surface area (Å²) in [5.74, 6) is 1.31. The van der Waals surface area contributed by atoms with Crippen molar-refractivity contribution in [2.75, 3.05) is 0 Å². The van der Waals surface area contributed by atoms with E-state index in [1.807, 2.05) is 54.9 Å². The van der Waals surface area contributed by atoms with E-state index in [0.29, 0.717) is 11.6 Å². The third kappa shape index (κ3) is 4.08. The largest absolute Gasteiger partial charge is 0.247 e. The standard InChI is InChI=1S/C43H25N5/c1-2-11-26(12-3-1)42-44-24-36-32-18-6-7-19-33(32)37-25-45-43(48-41(37)40(36)47-42)28-14-10-13-27(23-28)38-22-21-35-31-17-5-4-15-29(31)30-16-8-9-20-34(30)39(35)46-38/h1-25H. The number of aromatic nitrogens is 5. The molecule has 222 valence electrons. The summed E-state index contributed by atoms with van der Waals surface area (Å²) in [7, 11) is 0. The van der Waals surface area contributed by atoms with Crippen LogP contribution >= 0.6 is 0 Å². The Kier molecular flexibility index (Phi) is 5.81. The van der Waals surface area contributed by atoms with Crippen molar-refractivity contribution in [1.82, 2.24) is 24.9 Å². The van der Waals surface area contributed by atoms with Crippen molar-refractivity contribution >= 4 is 65.0 Å². The third-order valence-electron chi connectivity index (χ3n) is 9.34. The molecule has 5 nitrogen and oxygen atoms in total. The van der Waals surface area contributed by atoms with Gasteiger partial charge in [0, 0.05) is 50.6 Å². The van der Waals surface area contributed by atoms with Crippen molar-refractivity contribution in [2.45, 2.75) is 0 Å². The molecule has 7 aromatic carbocycles. The van der Waals surface area contributed by atoms with Crippen LogP contribution in [0, 0.1) is 0 Å². The first-order chi connectivity index (χ1) is 23.8. The van der Waals surface area contributed by atoms with Crippen LogP contribution in [0.25, 0.3) is 99.1 Å². The average Bonchev–Trinajstić information content (AvgIpc) is 3.18. The van der Waals surface area contributed by atoms with E-state index in [9.17, 15) is 0 Å². The van der Waals surface area contributed by atoms with Crippen LogP contribution in [0.5, 0.6) is 0 Å². The number of rotatable bonds is 3. The highest BCUT2D eigenvalue weighted by atomic mass is 14.9. The minimum atomic E-state index is 0.637. The second-order valence-electron chi connectivity index (χ2n) is 12.1. The molecule has 10 rings (SSSR count). The zero-order valence-corrected chi connectivity index (χ0v) is 25.7. The first-order valence-corrected chi connectivity index (χ1v) is 16.0. The van der Waals surface area contributed by atoms with Crippen molar-refractivity contribution in [3.8, 4) is 34.0 Å². The predicted octanol–water partition coefficient (Wildman–Crippen LogP) is 10.6. The van der Waals surface area contributed by atoms with Crippen molar-refractivity contribution in [3.63, 3.8) is 0 Å². The molecule has 0 aliphatic carbocycles. The average molecular weight is 612 g/mol. The van der Waals surface area contributed by atoms with Gasteiger partial charge in [-0.15, -0.1) is 0 Å². The number of pyridine rings is 1. The minimum absolute atomic E-state index is 0.637. The van der Waals surface area contributed by atoms with E-state index in [1.165, 1.54) is 16.2 Å². The fraction of sp³-hybridized carbons (Fsp3) is 0. The highest BCUT2D eigenvalue weighted by Crippen LogP contribution is 2.37. The van der Waals surface area contributed by atoms with E-state index < -0.39 is 0 Å². The Balaban J connectivity index is 1.16. The smallest absolute Gasteiger partial charge is 0.159 e. The zero-order chi connectivity index (χ0) is 31.6. The van der Waals surface area contributed by atoms with Gasteiger partial charge >= 0.3 is 0 Å². The lowest BCUT2D eigenvalue weighted by molar-refractivity contribution is 1.21. The summed E-state index contributed by atoms with van der Waals surface area (Å²) < 4.78 is 0. The molecule has 0 N–H and O–H groups in total. The lowest BCUT2D eigenvalue weighted by Gasteiger charge is -2.12. The van der Waals surface area contributed by atoms with E-state index in [4.69, 9.17) is 24.9 Å². The molecule has 0 atom stereocenters. The Morgan fingerprint density at radius 1 is 0.292 bits per heavy atom. The molecule has 0 saturated heterocycles. The molecule has 0 saturated carbocycles. The highest BCUT2D eigenvalue weighted by Gasteiger charge is 2.16. The fourth-order valence-corrected chi connectivity index (χ4v) is 7.07. The third-order valence-corrected chi connectivity index (χ3v) is 9.34. The van der Waals surface area contributed by atoms with Crippen LogP contribution in [-0.4, -0.2) is 24.9 Å². The molecular weight excluding hydrogens is 587 g/mol. The summed E-state index contributed by atoms with van der Waals surface area (Å²) in [5.41, 5.74) is 6.41. The van der Waals surface area contributed by atoms with E-state index in [0.717, 1.165) is 71.3 Å². The van der Waals surface area contributed by atoms with Crippen molar-refractivity contribution in [3.05, 3.63) is 152 Å². The van der Waals surface area contributed by atoms with Gasteiger partial charge in [0.2, 0.25) is 0 Å².